The largest absolute Gasteiger partial charge is 0.341 e. The van der Waals surface area contributed by atoms with Crippen molar-refractivity contribution in [3.8, 4) is 0 Å². The number of likely N-dealkylation sites (tertiary alicyclic amines) is 1. The second-order valence-corrected chi connectivity index (χ2v) is 5.78. The summed E-state index contributed by atoms with van der Waals surface area (Å²) in [6, 6.07) is 1.11. The van der Waals surface area contributed by atoms with Crippen molar-refractivity contribution in [1.29, 1.82) is 0 Å². The second kappa shape index (κ2) is 5.51. The van der Waals surface area contributed by atoms with Crippen molar-refractivity contribution in [1.82, 2.24) is 14.5 Å². The number of imidazole rings is 1. The van der Waals surface area contributed by atoms with E-state index in [9.17, 15) is 0 Å². The van der Waals surface area contributed by atoms with E-state index < -0.39 is 0 Å². The molecule has 0 aromatic carbocycles. The SMILES string of the molecule is CCn1ccnc1N1CCC(N2CCC(N)CC2)C1. The van der Waals surface area contributed by atoms with E-state index >= 15 is 0 Å². The average Bonchev–Trinajstić information content (AvgIpc) is 3.07. The summed E-state index contributed by atoms with van der Waals surface area (Å²) < 4.78 is 2.23. The van der Waals surface area contributed by atoms with E-state index in [-0.39, 0.29) is 0 Å². The van der Waals surface area contributed by atoms with E-state index in [0.29, 0.717) is 12.1 Å². The van der Waals surface area contributed by atoms with Crippen LogP contribution >= 0.6 is 0 Å². The monoisotopic (exact) mass is 263 g/mol. The van der Waals surface area contributed by atoms with Crippen LogP contribution in [0.1, 0.15) is 26.2 Å². The minimum absolute atomic E-state index is 0.424. The lowest BCUT2D eigenvalue weighted by Gasteiger charge is -2.34. The molecule has 2 saturated heterocycles. The van der Waals surface area contributed by atoms with Gasteiger partial charge in [-0.05, 0) is 39.3 Å². The molecule has 2 aliphatic rings. The molecule has 19 heavy (non-hydrogen) atoms. The van der Waals surface area contributed by atoms with Crippen molar-refractivity contribution >= 4 is 5.95 Å². The minimum Gasteiger partial charge on any atom is -0.341 e. The number of rotatable bonds is 3. The molecule has 5 heteroatoms. The Bertz CT molecular complexity index is 408. The van der Waals surface area contributed by atoms with Crippen molar-refractivity contribution in [3.63, 3.8) is 0 Å². The van der Waals surface area contributed by atoms with Crippen LogP contribution < -0.4 is 10.6 Å². The molecule has 0 bridgehead atoms. The van der Waals surface area contributed by atoms with Gasteiger partial charge >= 0.3 is 0 Å². The van der Waals surface area contributed by atoms with Gasteiger partial charge in [0.2, 0.25) is 5.95 Å². The maximum absolute atomic E-state index is 5.99. The third-order valence-corrected chi connectivity index (χ3v) is 4.57. The van der Waals surface area contributed by atoms with Gasteiger partial charge in [-0.2, -0.15) is 0 Å². The van der Waals surface area contributed by atoms with E-state index in [1.807, 2.05) is 6.20 Å². The van der Waals surface area contributed by atoms with Crippen LogP contribution in [0.25, 0.3) is 0 Å². The zero-order valence-corrected chi connectivity index (χ0v) is 11.8. The first-order valence-corrected chi connectivity index (χ1v) is 7.53. The molecule has 0 spiro atoms. The molecule has 2 fully saturated rings. The Morgan fingerprint density at radius 2 is 2.05 bits per heavy atom. The van der Waals surface area contributed by atoms with Crippen LogP contribution in [0.5, 0.6) is 0 Å². The fourth-order valence-electron chi connectivity index (χ4n) is 3.34. The third-order valence-electron chi connectivity index (χ3n) is 4.57. The highest BCUT2D eigenvalue weighted by Crippen LogP contribution is 2.23. The van der Waals surface area contributed by atoms with E-state index in [1.54, 1.807) is 0 Å². The number of nitrogens with two attached hydrogens (primary N) is 1. The maximum atomic E-state index is 5.99. The van der Waals surface area contributed by atoms with Crippen molar-refractivity contribution in [2.24, 2.45) is 5.73 Å². The average molecular weight is 263 g/mol. The van der Waals surface area contributed by atoms with Crippen molar-refractivity contribution in [3.05, 3.63) is 12.4 Å². The zero-order valence-electron chi connectivity index (χ0n) is 11.8. The lowest BCUT2D eigenvalue weighted by atomic mass is 10.0. The molecule has 1 aromatic heterocycles. The molecule has 0 radical (unpaired) electrons. The molecule has 1 unspecified atom stereocenters. The molecule has 2 aliphatic heterocycles. The van der Waals surface area contributed by atoms with E-state index in [0.717, 1.165) is 38.4 Å². The summed E-state index contributed by atoms with van der Waals surface area (Å²) in [5.41, 5.74) is 5.99. The van der Waals surface area contributed by atoms with Gasteiger partial charge in [0, 0.05) is 44.1 Å². The molecule has 0 saturated carbocycles. The lowest BCUT2D eigenvalue weighted by molar-refractivity contribution is 0.163. The Hall–Kier alpha value is -1.07. The van der Waals surface area contributed by atoms with Crippen LogP contribution in [-0.2, 0) is 6.54 Å². The molecule has 2 N–H and O–H groups in total. The summed E-state index contributed by atoms with van der Waals surface area (Å²) in [5, 5.41) is 0. The summed E-state index contributed by atoms with van der Waals surface area (Å²) in [4.78, 5) is 9.57. The van der Waals surface area contributed by atoms with Crippen LogP contribution in [0.15, 0.2) is 12.4 Å². The predicted octanol–water partition coefficient (Wildman–Crippen LogP) is 0.905. The molecule has 3 rings (SSSR count). The lowest BCUT2D eigenvalue weighted by Crippen LogP contribution is -2.46. The quantitative estimate of drug-likeness (QED) is 0.880. The highest BCUT2D eigenvalue weighted by atomic mass is 15.3. The molecular weight excluding hydrogens is 238 g/mol. The molecule has 0 aliphatic carbocycles. The summed E-state index contributed by atoms with van der Waals surface area (Å²) in [7, 11) is 0. The van der Waals surface area contributed by atoms with Gasteiger partial charge in [-0.25, -0.2) is 4.98 Å². The molecular formula is C14H25N5. The number of hydrogen-bond acceptors (Lipinski definition) is 4. The Morgan fingerprint density at radius 1 is 1.26 bits per heavy atom. The highest BCUT2D eigenvalue weighted by Gasteiger charge is 2.31. The summed E-state index contributed by atoms with van der Waals surface area (Å²) >= 11 is 0. The first-order valence-electron chi connectivity index (χ1n) is 7.53. The molecule has 3 heterocycles. The van der Waals surface area contributed by atoms with Gasteiger partial charge in [0.25, 0.3) is 0 Å². The summed E-state index contributed by atoms with van der Waals surface area (Å²) in [6.45, 7) is 7.75. The molecule has 106 valence electrons. The fraction of sp³-hybridized carbons (Fsp3) is 0.786. The van der Waals surface area contributed by atoms with Crippen LogP contribution in [0.4, 0.5) is 5.95 Å². The highest BCUT2D eigenvalue weighted by molar-refractivity contribution is 5.33. The first-order chi connectivity index (χ1) is 9.28. The fourth-order valence-corrected chi connectivity index (χ4v) is 3.34. The van der Waals surface area contributed by atoms with Gasteiger partial charge in [0.1, 0.15) is 0 Å². The van der Waals surface area contributed by atoms with Gasteiger partial charge in [0.15, 0.2) is 0 Å². The normalized spacial score (nSPS) is 26.2. The summed E-state index contributed by atoms with van der Waals surface area (Å²) in [5.74, 6) is 1.14. The topological polar surface area (TPSA) is 50.3 Å². The van der Waals surface area contributed by atoms with E-state index in [1.165, 1.54) is 19.5 Å². The second-order valence-electron chi connectivity index (χ2n) is 5.78. The smallest absolute Gasteiger partial charge is 0.205 e. The summed E-state index contributed by atoms with van der Waals surface area (Å²) in [6.07, 6.45) is 7.54. The predicted molar refractivity (Wildman–Crippen MR) is 77.3 cm³/mol. The van der Waals surface area contributed by atoms with E-state index in [4.69, 9.17) is 5.73 Å². The zero-order chi connectivity index (χ0) is 13.2. The molecule has 1 aromatic rings. The third kappa shape index (κ3) is 2.62. The van der Waals surface area contributed by atoms with Gasteiger partial charge in [0.05, 0.1) is 0 Å². The molecule has 0 amide bonds. The first kappa shape index (κ1) is 12.9. The van der Waals surface area contributed by atoms with Crippen LogP contribution in [0, 0.1) is 0 Å². The number of piperidine rings is 1. The Morgan fingerprint density at radius 3 is 2.79 bits per heavy atom. The number of aryl methyl sites for hydroxylation is 1. The Kier molecular flexibility index (Phi) is 3.75. The van der Waals surface area contributed by atoms with Crippen molar-refractivity contribution in [2.45, 2.75) is 44.8 Å². The number of anilines is 1. The molecule has 1 atom stereocenters. The van der Waals surface area contributed by atoms with Gasteiger partial charge in [-0.15, -0.1) is 0 Å². The number of hydrogen-bond donors (Lipinski definition) is 1. The van der Waals surface area contributed by atoms with Crippen LogP contribution in [0.2, 0.25) is 0 Å². The maximum Gasteiger partial charge on any atom is 0.205 e. The van der Waals surface area contributed by atoms with Gasteiger partial charge in [-0.1, -0.05) is 0 Å². The van der Waals surface area contributed by atoms with Crippen LogP contribution in [0.3, 0.4) is 0 Å². The number of nitrogens with zero attached hydrogens (tertiary/aromatic N) is 4. The molecule has 5 nitrogen and oxygen atoms in total. The van der Waals surface area contributed by atoms with Gasteiger partial charge < -0.3 is 15.2 Å². The number of aromatic nitrogens is 2. The van der Waals surface area contributed by atoms with Gasteiger partial charge in [-0.3, -0.25) is 4.90 Å². The standard InChI is InChI=1S/C14H25N5/c1-2-17-10-6-16-14(17)19-9-5-13(11-19)18-7-3-12(15)4-8-18/h6,10,12-13H,2-5,7-9,11,15H2,1H3. The van der Waals surface area contributed by atoms with Crippen LogP contribution in [-0.4, -0.2) is 52.7 Å². The Balaban J connectivity index is 1.61. The van der Waals surface area contributed by atoms with Crippen molar-refractivity contribution in [2.75, 3.05) is 31.1 Å². The van der Waals surface area contributed by atoms with E-state index in [2.05, 4.69) is 32.5 Å². The van der Waals surface area contributed by atoms with Crippen molar-refractivity contribution < 1.29 is 0 Å². The Labute approximate surface area is 115 Å². The minimum atomic E-state index is 0.424.